The number of halogens is 1. The molecular formula is C20H22ClN5O4. The number of methoxy groups -OCH3 is 2. The number of anilines is 2. The van der Waals surface area contributed by atoms with E-state index in [1.54, 1.807) is 26.5 Å². The summed E-state index contributed by atoms with van der Waals surface area (Å²) in [6, 6.07) is 1.79. The van der Waals surface area contributed by atoms with Gasteiger partial charge in [-0.1, -0.05) is 17.2 Å². The first kappa shape index (κ1) is 20.4. The lowest BCUT2D eigenvalue weighted by atomic mass is 9.91. The molecule has 0 spiro atoms. The molecule has 0 saturated carbocycles. The number of ketones is 1. The largest absolute Gasteiger partial charge is 0.493 e. The van der Waals surface area contributed by atoms with Crippen LogP contribution in [0.5, 0.6) is 11.5 Å². The molecule has 9 nitrogen and oxygen atoms in total. The van der Waals surface area contributed by atoms with Crippen molar-refractivity contribution in [1.29, 1.82) is 0 Å². The standard InChI is InChI=1S/C20H22ClN5O4/c1-28-14-7-12(23-8-15(14)29-2)9-26-10-13(11-3-5-30-6-4-11)17(27)16-18(21)24-20(22)25-19(16)26/h7-8H,3-6,9-10H2,1-2H3,(H2,22,24,25). The highest BCUT2D eigenvalue weighted by molar-refractivity contribution is 6.35. The van der Waals surface area contributed by atoms with E-state index in [0.29, 0.717) is 62.0 Å². The number of ether oxygens (including phenoxy) is 3. The topological polar surface area (TPSA) is 113 Å². The zero-order valence-electron chi connectivity index (χ0n) is 16.8. The van der Waals surface area contributed by atoms with Crippen LogP contribution >= 0.6 is 11.6 Å². The van der Waals surface area contributed by atoms with Gasteiger partial charge in [-0.05, 0) is 12.8 Å². The summed E-state index contributed by atoms with van der Waals surface area (Å²) < 4.78 is 16.1. The molecule has 0 radical (unpaired) electrons. The van der Waals surface area contributed by atoms with Gasteiger partial charge < -0.3 is 24.8 Å². The van der Waals surface area contributed by atoms with Gasteiger partial charge in [0, 0.05) is 18.2 Å². The molecule has 2 N–H and O–H groups in total. The van der Waals surface area contributed by atoms with E-state index in [0.717, 1.165) is 11.3 Å². The molecule has 0 aromatic carbocycles. The van der Waals surface area contributed by atoms with Gasteiger partial charge in [-0.15, -0.1) is 0 Å². The van der Waals surface area contributed by atoms with Gasteiger partial charge in [0.2, 0.25) is 5.95 Å². The number of nitrogen functional groups attached to an aromatic ring is 1. The molecule has 2 aliphatic heterocycles. The van der Waals surface area contributed by atoms with Crippen molar-refractivity contribution in [1.82, 2.24) is 15.0 Å². The van der Waals surface area contributed by atoms with Crippen molar-refractivity contribution in [2.24, 2.45) is 0 Å². The highest BCUT2D eigenvalue weighted by atomic mass is 35.5. The third-order valence-corrected chi connectivity index (χ3v) is 5.49. The highest BCUT2D eigenvalue weighted by Gasteiger charge is 2.34. The second-order valence-corrected chi connectivity index (χ2v) is 7.34. The lowest BCUT2D eigenvalue weighted by Crippen LogP contribution is -2.36. The van der Waals surface area contributed by atoms with Gasteiger partial charge in [-0.25, -0.2) is 4.98 Å². The molecule has 1 saturated heterocycles. The molecule has 1 fully saturated rings. The van der Waals surface area contributed by atoms with Crippen molar-refractivity contribution in [3.63, 3.8) is 0 Å². The SMILES string of the molecule is COc1cnc(CN2CC(=C3CCOCC3)C(=O)c3c(Cl)nc(N)nc32)cc1OC. The van der Waals surface area contributed by atoms with Crippen LogP contribution in [-0.4, -0.2) is 54.7 Å². The van der Waals surface area contributed by atoms with E-state index < -0.39 is 0 Å². The number of nitrogens with two attached hydrogens (primary N) is 1. The molecule has 0 bridgehead atoms. The Hall–Kier alpha value is -2.91. The van der Waals surface area contributed by atoms with Gasteiger partial charge in [0.1, 0.15) is 16.5 Å². The van der Waals surface area contributed by atoms with E-state index in [1.807, 2.05) is 4.90 Å². The number of fused-ring (bicyclic) bond motifs is 1. The van der Waals surface area contributed by atoms with Crippen molar-refractivity contribution in [3.05, 3.63) is 39.8 Å². The number of rotatable bonds is 4. The van der Waals surface area contributed by atoms with Gasteiger partial charge >= 0.3 is 0 Å². The molecule has 0 unspecified atom stereocenters. The normalized spacial score (nSPS) is 16.5. The Labute approximate surface area is 178 Å². The summed E-state index contributed by atoms with van der Waals surface area (Å²) in [5.74, 6) is 1.38. The van der Waals surface area contributed by atoms with Crippen LogP contribution in [0.3, 0.4) is 0 Å². The van der Waals surface area contributed by atoms with E-state index in [1.165, 1.54) is 0 Å². The van der Waals surface area contributed by atoms with Crippen LogP contribution in [0, 0.1) is 0 Å². The molecular weight excluding hydrogens is 410 g/mol. The number of nitrogens with zero attached hydrogens (tertiary/aromatic N) is 4. The molecule has 10 heteroatoms. The van der Waals surface area contributed by atoms with E-state index in [2.05, 4.69) is 15.0 Å². The molecule has 4 heterocycles. The van der Waals surface area contributed by atoms with Crippen LogP contribution in [0.4, 0.5) is 11.8 Å². The van der Waals surface area contributed by atoms with Gasteiger partial charge in [-0.3, -0.25) is 9.78 Å². The number of carbonyl (C=O) groups excluding carboxylic acids is 1. The molecule has 4 rings (SSSR count). The molecule has 30 heavy (non-hydrogen) atoms. The van der Waals surface area contributed by atoms with Gasteiger partial charge in [0.25, 0.3) is 0 Å². The molecule has 0 amide bonds. The van der Waals surface area contributed by atoms with Crippen LogP contribution in [0.15, 0.2) is 23.4 Å². The first-order valence-electron chi connectivity index (χ1n) is 9.50. The third-order valence-electron chi connectivity index (χ3n) is 5.22. The fourth-order valence-corrected chi connectivity index (χ4v) is 3.99. The average molecular weight is 432 g/mol. The predicted octanol–water partition coefficient (Wildman–Crippen LogP) is 2.43. The van der Waals surface area contributed by atoms with Crippen molar-refractivity contribution >= 4 is 29.2 Å². The Kier molecular flexibility index (Phi) is 5.74. The molecule has 0 atom stereocenters. The van der Waals surface area contributed by atoms with Crippen molar-refractivity contribution in [2.75, 3.05) is 44.6 Å². The van der Waals surface area contributed by atoms with Crippen LogP contribution < -0.4 is 20.1 Å². The molecule has 2 aromatic rings. The minimum Gasteiger partial charge on any atom is -0.493 e. The van der Waals surface area contributed by atoms with E-state index in [9.17, 15) is 4.79 Å². The highest BCUT2D eigenvalue weighted by Crippen LogP contribution is 2.36. The maximum Gasteiger partial charge on any atom is 0.223 e. The van der Waals surface area contributed by atoms with Crippen LogP contribution in [0.1, 0.15) is 28.9 Å². The quantitative estimate of drug-likeness (QED) is 0.575. The number of Topliss-reactive ketones (excluding diaryl/α,β-unsaturated/α-hetero) is 1. The summed E-state index contributed by atoms with van der Waals surface area (Å²) in [6.07, 6.45) is 3.03. The first-order valence-corrected chi connectivity index (χ1v) is 9.87. The second-order valence-electron chi connectivity index (χ2n) is 6.98. The summed E-state index contributed by atoms with van der Waals surface area (Å²) in [6.45, 7) is 1.95. The summed E-state index contributed by atoms with van der Waals surface area (Å²) in [7, 11) is 3.12. The Morgan fingerprint density at radius 3 is 2.63 bits per heavy atom. The van der Waals surface area contributed by atoms with Crippen LogP contribution in [0.2, 0.25) is 5.15 Å². The lowest BCUT2D eigenvalue weighted by Gasteiger charge is -2.33. The molecule has 2 aliphatic rings. The minimum atomic E-state index is -0.150. The Morgan fingerprint density at radius 2 is 1.93 bits per heavy atom. The Balaban J connectivity index is 1.77. The zero-order chi connectivity index (χ0) is 21.3. The van der Waals surface area contributed by atoms with Gasteiger partial charge in [0.05, 0.1) is 45.9 Å². The maximum atomic E-state index is 13.2. The fourth-order valence-electron chi connectivity index (χ4n) is 3.73. The summed E-state index contributed by atoms with van der Waals surface area (Å²) >= 11 is 6.32. The number of pyridine rings is 1. The molecule has 158 valence electrons. The number of hydrogen-bond acceptors (Lipinski definition) is 9. The smallest absolute Gasteiger partial charge is 0.223 e. The van der Waals surface area contributed by atoms with Crippen LogP contribution in [-0.2, 0) is 11.3 Å². The summed E-state index contributed by atoms with van der Waals surface area (Å²) in [5.41, 5.74) is 8.60. The van der Waals surface area contributed by atoms with E-state index in [-0.39, 0.29) is 22.4 Å². The van der Waals surface area contributed by atoms with Crippen molar-refractivity contribution < 1.29 is 19.0 Å². The predicted molar refractivity (Wildman–Crippen MR) is 111 cm³/mol. The number of carbonyl (C=O) groups is 1. The van der Waals surface area contributed by atoms with Crippen molar-refractivity contribution in [3.8, 4) is 11.5 Å². The molecule has 0 aliphatic carbocycles. The number of hydrogen-bond donors (Lipinski definition) is 1. The summed E-state index contributed by atoms with van der Waals surface area (Å²) in [4.78, 5) is 27.9. The van der Waals surface area contributed by atoms with Gasteiger partial charge in [0.15, 0.2) is 17.3 Å². The number of aromatic nitrogens is 3. The van der Waals surface area contributed by atoms with Gasteiger partial charge in [-0.2, -0.15) is 4.98 Å². The fraction of sp³-hybridized carbons (Fsp3) is 0.400. The van der Waals surface area contributed by atoms with Crippen LogP contribution in [0.25, 0.3) is 0 Å². The second kappa shape index (κ2) is 8.45. The average Bonchev–Trinajstić information content (AvgIpc) is 2.75. The minimum absolute atomic E-state index is 0.0130. The van der Waals surface area contributed by atoms with E-state index >= 15 is 0 Å². The molecule has 2 aromatic heterocycles. The van der Waals surface area contributed by atoms with E-state index in [4.69, 9.17) is 31.5 Å². The lowest BCUT2D eigenvalue weighted by molar-refractivity contribution is 0.101. The Morgan fingerprint density at radius 1 is 1.20 bits per heavy atom. The maximum absolute atomic E-state index is 13.2. The first-order chi connectivity index (χ1) is 14.5. The zero-order valence-corrected chi connectivity index (χ0v) is 17.5. The monoisotopic (exact) mass is 431 g/mol. The Bertz CT molecular complexity index is 1020. The summed E-state index contributed by atoms with van der Waals surface area (Å²) in [5, 5.41) is 0.0534. The third kappa shape index (κ3) is 3.78. The van der Waals surface area contributed by atoms with Crippen molar-refractivity contribution in [2.45, 2.75) is 19.4 Å².